The Morgan fingerprint density at radius 1 is 1.03 bits per heavy atom. The quantitative estimate of drug-likeness (QED) is 0.700. The van der Waals surface area contributed by atoms with Crippen molar-refractivity contribution in [2.45, 2.75) is 44.4 Å². The molecule has 1 fully saturated rings. The summed E-state index contributed by atoms with van der Waals surface area (Å²) in [5.74, 6) is 0.0342. The van der Waals surface area contributed by atoms with E-state index in [0.29, 0.717) is 6.42 Å². The zero-order valence-corrected chi connectivity index (χ0v) is 16.7. The summed E-state index contributed by atoms with van der Waals surface area (Å²) >= 11 is 0. The highest BCUT2D eigenvalue weighted by molar-refractivity contribution is 5.83. The van der Waals surface area contributed by atoms with Crippen molar-refractivity contribution in [2.75, 3.05) is 6.54 Å². The molecule has 0 spiro atoms. The van der Waals surface area contributed by atoms with E-state index in [-0.39, 0.29) is 30.1 Å². The molecule has 0 bridgehead atoms. The fraction of sp³-hybridized carbons (Fsp3) is 0.364. The van der Waals surface area contributed by atoms with E-state index in [9.17, 15) is 4.79 Å². The Bertz CT molecular complexity index is 874. The predicted octanol–water partition coefficient (Wildman–Crippen LogP) is 2.60. The van der Waals surface area contributed by atoms with Crippen LogP contribution in [-0.4, -0.2) is 49.6 Å². The minimum atomic E-state index is -0.223. The SMILES string of the molecule is CC(C)N1C[C@H](n2cnnn2)C[C@H]1C(=O)NC(c1ccccc1)c1ccccc1. The zero-order chi connectivity index (χ0) is 20.2. The van der Waals surface area contributed by atoms with Gasteiger partial charge in [0.15, 0.2) is 0 Å². The molecule has 1 N–H and O–H groups in total. The van der Waals surface area contributed by atoms with Crippen LogP contribution in [0.2, 0.25) is 0 Å². The van der Waals surface area contributed by atoms with Crippen LogP contribution in [0.3, 0.4) is 0 Å². The first-order valence-electron chi connectivity index (χ1n) is 10.0. The van der Waals surface area contributed by atoms with Gasteiger partial charge in [-0.3, -0.25) is 9.69 Å². The Morgan fingerprint density at radius 3 is 2.17 bits per heavy atom. The maximum atomic E-state index is 13.4. The van der Waals surface area contributed by atoms with Gasteiger partial charge in [-0.25, -0.2) is 4.68 Å². The second-order valence-electron chi connectivity index (χ2n) is 7.75. The zero-order valence-electron chi connectivity index (χ0n) is 16.7. The molecule has 0 saturated carbocycles. The van der Waals surface area contributed by atoms with Gasteiger partial charge in [-0.1, -0.05) is 60.7 Å². The molecule has 0 radical (unpaired) electrons. The molecule has 0 aliphatic carbocycles. The van der Waals surface area contributed by atoms with Crippen LogP contribution < -0.4 is 5.32 Å². The van der Waals surface area contributed by atoms with Crippen molar-refractivity contribution in [3.63, 3.8) is 0 Å². The maximum absolute atomic E-state index is 13.4. The third kappa shape index (κ3) is 4.19. The molecule has 1 aliphatic rings. The second-order valence-corrected chi connectivity index (χ2v) is 7.75. The van der Waals surface area contributed by atoms with Crippen molar-refractivity contribution in [3.8, 4) is 0 Å². The number of amides is 1. The first kappa shape index (κ1) is 19.3. The topological polar surface area (TPSA) is 75.9 Å². The van der Waals surface area contributed by atoms with Crippen molar-refractivity contribution >= 4 is 5.91 Å². The normalized spacial score (nSPS) is 19.7. The minimum Gasteiger partial charge on any atom is -0.344 e. The summed E-state index contributed by atoms with van der Waals surface area (Å²) in [7, 11) is 0. The van der Waals surface area contributed by atoms with E-state index in [1.54, 1.807) is 11.0 Å². The monoisotopic (exact) mass is 390 g/mol. The van der Waals surface area contributed by atoms with E-state index in [2.05, 4.69) is 63.9 Å². The van der Waals surface area contributed by atoms with Gasteiger partial charge in [0.2, 0.25) is 5.91 Å². The number of hydrogen-bond acceptors (Lipinski definition) is 5. The number of tetrazole rings is 1. The summed E-state index contributed by atoms with van der Waals surface area (Å²) in [6.07, 6.45) is 2.31. The molecule has 150 valence electrons. The number of nitrogens with one attached hydrogen (secondary N) is 1. The predicted molar refractivity (Wildman–Crippen MR) is 110 cm³/mol. The van der Waals surface area contributed by atoms with Gasteiger partial charge in [0.05, 0.1) is 18.1 Å². The second kappa shape index (κ2) is 8.53. The molecule has 0 unspecified atom stereocenters. The molecule has 29 heavy (non-hydrogen) atoms. The molecule has 2 atom stereocenters. The molecule has 1 saturated heterocycles. The average molecular weight is 390 g/mol. The Balaban J connectivity index is 1.58. The lowest BCUT2D eigenvalue weighted by atomic mass is 9.98. The molecule has 3 aromatic rings. The van der Waals surface area contributed by atoms with Gasteiger partial charge in [-0.15, -0.1) is 5.10 Å². The van der Waals surface area contributed by atoms with Gasteiger partial charge in [-0.2, -0.15) is 0 Å². The number of benzene rings is 2. The summed E-state index contributed by atoms with van der Waals surface area (Å²) in [6, 6.07) is 20.1. The molecule has 4 rings (SSSR count). The summed E-state index contributed by atoms with van der Waals surface area (Å²) in [6.45, 7) is 4.99. The van der Waals surface area contributed by atoms with Crippen LogP contribution in [0.25, 0.3) is 0 Å². The number of likely N-dealkylation sites (tertiary alicyclic amines) is 1. The molecule has 1 aliphatic heterocycles. The highest BCUT2D eigenvalue weighted by Gasteiger charge is 2.40. The number of rotatable bonds is 6. The van der Waals surface area contributed by atoms with E-state index in [0.717, 1.165) is 17.7 Å². The Morgan fingerprint density at radius 2 is 1.66 bits per heavy atom. The van der Waals surface area contributed by atoms with Crippen LogP contribution in [0.4, 0.5) is 0 Å². The highest BCUT2D eigenvalue weighted by atomic mass is 16.2. The smallest absolute Gasteiger partial charge is 0.238 e. The standard InChI is InChI=1S/C22H26N6O/c1-16(2)27-14-19(28-15-23-25-26-28)13-20(27)22(29)24-21(17-9-5-3-6-10-17)18-11-7-4-8-12-18/h3-12,15-16,19-21H,13-14H2,1-2H3,(H,24,29)/t19-,20+/m1/s1. The van der Waals surface area contributed by atoms with Crippen LogP contribution >= 0.6 is 0 Å². The van der Waals surface area contributed by atoms with Crippen LogP contribution in [-0.2, 0) is 4.79 Å². The lowest BCUT2D eigenvalue weighted by Crippen LogP contribution is -2.47. The Kier molecular flexibility index (Phi) is 5.67. The van der Waals surface area contributed by atoms with Crippen LogP contribution in [0.5, 0.6) is 0 Å². The fourth-order valence-electron chi connectivity index (χ4n) is 4.08. The molecule has 2 aromatic carbocycles. The summed E-state index contributed by atoms with van der Waals surface area (Å²) in [5, 5.41) is 14.8. The first-order chi connectivity index (χ1) is 14.1. The van der Waals surface area contributed by atoms with E-state index in [1.165, 1.54) is 0 Å². The van der Waals surface area contributed by atoms with Crippen LogP contribution in [0.1, 0.15) is 43.5 Å². The Labute approximate surface area is 170 Å². The van der Waals surface area contributed by atoms with Gasteiger partial charge in [0.25, 0.3) is 0 Å². The van der Waals surface area contributed by atoms with E-state index in [1.807, 2.05) is 36.4 Å². The number of aromatic nitrogens is 4. The van der Waals surface area contributed by atoms with E-state index < -0.39 is 0 Å². The van der Waals surface area contributed by atoms with Crippen molar-refractivity contribution in [1.82, 2.24) is 30.4 Å². The first-order valence-corrected chi connectivity index (χ1v) is 10.0. The summed E-state index contributed by atoms with van der Waals surface area (Å²) in [5.41, 5.74) is 2.14. The van der Waals surface area contributed by atoms with Gasteiger partial charge < -0.3 is 5.32 Å². The lowest BCUT2D eigenvalue weighted by Gasteiger charge is -2.29. The summed E-state index contributed by atoms with van der Waals surface area (Å²) in [4.78, 5) is 15.6. The number of nitrogens with zero attached hydrogens (tertiary/aromatic N) is 5. The minimum absolute atomic E-state index is 0.0342. The van der Waals surface area contributed by atoms with E-state index in [4.69, 9.17) is 0 Å². The number of carbonyl (C=O) groups is 1. The van der Waals surface area contributed by atoms with Crippen molar-refractivity contribution < 1.29 is 4.79 Å². The largest absolute Gasteiger partial charge is 0.344 e. The Hall–Kier alpha value is -3.06. The van der Waals surface area contributed by atoms with Crippen LogP contribution in [0, 0.1) is 0 Å². The van der Waals surface area contributed by atoms with Crippen molar-refractivity contribution in [3.05, 3.63) is 78.1 Å². The number of hydrogen-bond donors (Lipinski definition) is 1. The van der Waals surface area contributed by atoms with Gasteiger partial charge in [-0.05, 0) is 41.8 Å². The van der Waals surface area contributed by atoms with Crippen molar-refractivity contribution in [2.24, 2.45) is 0 Å². The third-order valence-corrected chi connectivity index (χ3v) is 5.57. The van der Waals surface area contributed by atoms with E-state index >= 15 is 0 Å². The molecule has 1 aromatic heterocycles. The van der Waals surface area contributed by atoms with Gasteiger partial charge in [0, 0.05) is 12.6 Å². The molecule has 7 nitrogen and oxygen atoms in total. The highest BCUT2D eigenvalue weighted by Crippen LogP contribution is 2.30. The average Bonchev–Trinajstić information content (AvgIpc) is 3.43. The molecular weight excluding hydrogens is 364 g/mol. The lowest BCUT2D eigenvalue weighted by molar-refractivity contribution is -0.126. The molecule has 7 heteroatoms. The number of carbonyl (C=O) groups excluding carboxylic acids is 1. The van der Waals surface area contributed by atoms with Crippen LogP contribution in [0.15, 0.2) is 67.0 Å². The third-order valence-electron chi connectivity index (χ3n) is 5.57. The van der Waals surface area contributed by atoms with Gasteiger partial charge >= 0.3 is 0 Å². The van der Waals surface area contributed by atoms with Crippen molar-refractivity contribution in [1.29, 1.82) is 0 Å². The molecule has 2 heterocycles. The fourth-order valence-corrected chi connectivity index (χ4v) is 4.08. The molecule has 1 amide bonds. The summed E-state index contributed by atoms with van der Waals surface area (Å²) < 4.78 is 1.76. The van der Waals surface area contributed by atoms with Gasteiger partial charge in [0.1, 0.15) is 6.33 Å². The maximum Gasteiger partial charge on any atom is 0.238 e. The molecular formula is C22H26N6O.